The summed E-state index contributed by atoms with van der Waals surface area (Å²) in [5, 5.41) is 5.36. The van der Waals surface area contributed by atoms with Crippen molar-refractivity contribution in [2.45, 2.75) is 51.5 Å². The molecule has 8 heteroatoms. The van der Waals surface area contributed by atoms with Gasteiger partial charge in [-0.2, -0.15) is 0 Å². The maximum Gasteiger partial charge on any atom is 0.326 e. The molecule has 1 aliphatic carbocycles. The van der Waals surface area contributed by atoms with Crippen LogP contribution in [-0.4, -0.2) is 48.4 Å². The first-order chi connectivity index (χ1) is 14.8. The monoisotopic (exact) mass is 427 g/mol. The standard InChI is InChI=1S/C23H29N3O5/c1-16-8-10-18(11-9-16)23(2)21(29)26(22(30)25-23)14-20(28)31-15-19(27)24-13-12-17-6-4-3-5-7-17/h6,8-11H,3-5,7,12-15H2,1-2H3,(H,24,27)(H,25,30)/t23-/m1/s1. The van der Waals surface area contributed by atoms with E-state index >= 15 is 0 Å². The minimum absolute atomic E-state index is 0.411. The van der Waals surface area contributed by atoms with Gasteiger partial charge < -0.3 is 15.4 Å². The topological polar surface area (TPSA) is 105 Å². The van der Waals surface area contributed by atoms with Crippen molar-refractivity contribution in [1.82, 2.24) is 15.5 Å². The van der Waals surface area contributed by atoms with Gasteiger partial charge in [-0.05, 0) is 51.5 Å². The number of hydrogen-bond donors (Lipinski definition) is 2. The average Bonchev–Trinajstić information content (AvgIpc) is 2.97. The molecule has 1 aliphatic heterocycles. The molecule has 0 bridgehead atoms. The maximum absolute atomic E-state index is 12.8. The molecule has 1 heterocycles. The van der Waals surface area contributed by atoms with Crippen molar-refractivity contribution in [3.05, 3.63) is 47.0 Å². The average molecular weight is 428 g/mol. The molecule has 31 heavy (non-hydrogen) atoms. The van der Waals surface area contributed by atoms with E-state index in [1.807, 2.05) is 19.1 Å². The molecule has 0 unspecified atom stereocenters. The van der Waals surface area contributed by atoms with Gasteiger partial charge in [-0.3, -0.25) is 19.3 Å². The minimum atomic E-state index is -1.25. The van der Waals surface area contributed by atoms with Crippen LogP contribution >= 0.6 is 0 Å². The van der Waals surface area contributed by atoms with E-state index in [1.165, 1.54) is 18.4 Å². The number of nitrogens with one attached hydrogen (secondary N) is 2. The zero-order chi connectivity index (χ0) is 22.4. The lowest BCUT2D eigenvalue weighted by atomic mass is 9.91. The zero-order valence-corrected chi connectivity index (χ0v) is 18.0. The second-order valence-corrected chi connectivity index (χ2v) is 8.18. The Kier molecular flexibility index (Phi) is 7.09. The zero-order valence-electron chi connectivity index (χ0n) is 18.0. The summed E-state index contributed by atoms with van der Waals surface area (Å²) < 4.78 is 4.96. The van der Waals surface area contributed by atoms with Crippen LogP contribution in [0.15, 0.2) is 35.9 Å². The highest BCUT2D eigenvalue weighted by Gasteiger charge is 2.49. The summed E-state index contributed by atoms with van der Waals surface area (Å²) in [7, 11) is 0. The molecule has 1 fully saturated rings. The number of carbonyl (C=O) groups is 4. The molecule has 166 valence electrons. The molecular formula is C23H29N3O5. The van der Waals surface area contributed by atoms with Crippen molar-refractivity contribution >= 4 is 23.8 Å². The smallest absolute Gasteiger partial charge is 0.326 e. The Morgan fingerprint density at radius 2 is 1.94 bits per heavy atom. The number of allylic oxidation sites excluding steroid dienone is 1. The first-order valence-electron chi connectivity index (χ1n) is 10.6. The van der Waals surface area contributed by atoms with E-state index in [0.29, 0.717) is 12.1 Å². The number of hydrogen-bond acceptors (Lipinski definition) is 5. The number of nitrogens with zero attached hydrogens (tertiary/aromatic N) is 1. The van der Waals surface area contributed by atoms with Gasteiger partial charge in [-0.25, -0.2) is 4.79 Å². The van der Waals surface area contributed by atoms with Gasteiger partial charge in [0.05, 0.1) is 0 Å². The number of esters is 1. The molecule has 3 rings (SSSR count). The van der Waals surface area contributed by atoms with Crippen molar-refractivity contribution in [2.24, 2.45) is 0 Å². The number of ether oxygens (including phenoxy) is 1. The van der Waals surface area contributed by atoms with Gasteiger partial charge in [0, 0.05) is 6.54 Å². The number of imide groups is 1. The quantitative estimate of drug-likeness (QED) is 0.376. The van der Waals surface area contributed by atoms with Crippen LogP contribution in [0, 0.1) is 6.92 Å². The summed E-state index contributed by atoms with van der Waals surface area (Å²) in [6, 6.07) is 6.56. The second-order valence-electron chi connectivity index (χ2n) is 8.18. The Hall–Kier alpha value is -3.16. The third-order valence-corrected chi connectivity index (χ3v) is 5.71. The van der Waals surface area contributed by atoms with Gasteiger partial charge in [-0.1, -0.05) is 41.5 Å². The van der Waals surface area contributed by atoms with E-state index in [1.54, 1.807) is 19.1 Å². The highest BCUT2D eigenvalue weighted by molar-refractivity contribution is 6.08. The first kappa shape index (κ1) is 22.5. The summed E-state index contributed by atoms with van der Waals surface area (Å²) in [5.41, 5.74) is 1.74. The van der Waals surface area contributed by atoms with Gasteiger partial charge in [0.15, 0.2) is 6.61 Å². The predicted molar refractivity (Wildman–Crippen MR) is 114 cm³/mol. The van der Waals surface area contributed by atoms with E-state index in [0.717, 1.165) is 29.7 Å². The fourth-order valence-electron chi connectivity index (χ4n) is 3.79. The Bertz CT molecular complexity index is 893. The maximum atomic E-state index is 12.8. The molecular weight excluding hydrogens is 398 g/mol. The van der Waals surface area contributed by atoms with Crippen molar-refractivity contribution in [2.75, 3.05) is 19.7 Å². The largest absolute Gasteiger partial charge is 0.454 e. The van der Waals surface area contributed by atoms with Crippen molar-refractivity contribution in [3.63, 3.8) is 0 Å². The number of aryl methyl sites for hydroxylation is 1. The Balaban J connectivity index is 1.46. The molecule has 2 aliphatic rings. The van der Waals surface area contributed by atoms with E-state index in [-0.39, 0.29) is 0 Å². The van der Waals surface area contributed by atoms with E-state index in [4.69, 9.17) is 4.74 Å². The summed E-state index contributed by atoms with van der Waals surface area (Å²) in [5.74, 6) is -1.77. The molecule has 2 N–H and O–H groups in total. The summed E-state index contributed by atoms with van der Waals surface area (Å²) >= 11 is 0. The molecule has 0 aromatic heterocycles. The van der Waals surface area contributed by atoms with Crippen LogP contribution in [-0.2, 0) is 24.7 Å². The van der Waals surface area contributed by atoms with E-state index in [9.17, 15) is 19.2 Å². The number of amides is 4. The van der Waals surface area contributed by atoms with Crippen LogP contribution in [0.1, 0.15) is 50.2 Å². The van der Waals surface area contributed by atoms with Crippen LogP contribution in [0.3, 0.4) is 0 Å². The molecule has 1 aromatic rings. The van der Waals surface area contributed by atoms with Gasteiger partial charge in [-0.15, -0.1) is 0 Å². The summed E-state index contributed by atoms with van der Waals surface area (Å²) in [6.45, 7) is 3.01. The van der Waals surface area contributed by atoms with Crippen LogP contribution in [0.4, 0.5) is 4.79 Å². The lowest BCUT2D eigenvalue weighted by molar-refractivity contribution is -0.151. The van der Waals surface area contributed by atoms with Crippen molar-refractivity contribution in [3.8, 4) is 0 Å². The Morgan fingerprint density at radius 1 is 1.19 bits per heavy atom. The molecule has 0 radical (unpaired) electrons. The summed E-state index contributed by atoms with van der Waals surface area (Å²) in [4.78, 5) is 50.0. The number of rotatable bonds is 8. The molecule has 1 aromatic carbocycles. The van der Waals surface area contributed by atoms with Crippen LogP contribution in [0.25, 0.3) is 0 Å². The van der Waals surface area contributed by atoms with Gasteiger partial charge in [0.25, 0.3) is 11.8 Å². The van der Waals surface area contributed by atoms with Crippen LogP contribution in [0.2, 0.25) is 0 Å². The molecule has 4 amide bonds. The number of carbonyl (C=O) groups excluding carboxylic acids is 4. The van der Waals surface area contributed by atoms with E-state index < -0.39 is 42.5 Å². The van der Waals surface area contributed by atoms with Crippen molar-refractivity contribution < 1.29 is 23.9 Å². The fourth-order valence-corrected chi connectivity index (χ4v) is 3.79. The Morgan fingerprint density at radius 3 is 2.61 bits per heavy atom. The van der Waals surface area contributed by atoms with Gasteiger partial charge in [0.1, 0.15) is 12.1 Å². The first-order valence-corrected chi connectivity index (χ1v) is 10.6. The third kappa shape index (κ3) is 5.51. The molecule has 1 saturated heterocycles. The number of benzene rings is 1. The van der Waals surface area contributed by atoms with Gasteiger partial charge >= 0.3 is 12.0 Å². The highest BCUT2D eigenvalue weighted by Crippen LogP contribution is 2.28. The Labute approximate surface area is 182 Å². The van der Waals surface area contributed by atoms with E-state index in [2.05, 4.69) is 16.7 Å². The van der Waals surface area contributed by atoms with Crippen molar-refractivity contribution in [1.29, 1.82) is 0 Å². The SMILES string of the molecule is Cc1ccc([C@@]2(C)NC(=O)N(CC(=O)OCC(=O)NCCC3=CCCCC3)C2=O)cc1. The highest BCUT2D eigenvalue weighted by atomic mass is 16.5. The van der Waals surface area contributed by atoms with Crippen LogP contribution in [0.5, 0.6) is 0 Å². The molecule has 0 spiro atoms. The minimum Gasteiger partial charge on any atom is -0.454 e. The summed E-state index contributed by atoms with van der Waals surface area (Å²) in [6.07, 6.45) is 7.57. The fraction of sp³-hybridized carbons (Fsp3) is 0.478. The number of urea groups is 1. The second kappa shape index (κ2) is 9.76. The van der Waals surface area contributed by atoms with Crippen LogP contribution < -0.4 is 10.6 Å². The predicted octanol–water partition coefficient (Wildman–Crippen LogP) is 2.31. The van der Waals surface area contributed by atoms with Gasteiger partial charge in [0.2, 0.25) is 0 Å². The lowest BCUT2D eigenvalue weighted by Crippen LogP contribution is -2.42. The molecule has 1 atom stereocenters. The third-order valence-electron chi connectivity index (χ3n) is 5.71. The molecule has 8 nitrogen and oxygen atoms in total. The normalized spacial score (nSPS) is 20.8. The lowest BCUT2D eigenvalue weighted by Gasteiger charge is -2.22. The molecule has 0 saturated carbocycles.